The monoisotopic (exact) mass is 580 g/mol. The number of hydrogen-bond acceptors (Lipinski definition) is 8. The van der Waals surface area contributed by atoms with Crippen LogP contribution in [0.4, 0.5) is 42.6 Å². The van der Waals surface area contributed by atoms with Crippen molar-refractivity contribution in [2.75, 3.05) is 17.3 Å². The minimum absolute atomic E-state index is 0.00285. The highest BCUT2D eigenvalue weighted by molar-refractivity contribution is 6.04. The predicted octanol–water partition coefficient (Wildman–Crippen LogP) is 4.71. The first-order chi connectivity index (χ1) is 19.4. The molecule has 4 aromatic rings. The van der Waals surface area contributed by atoms with E-state index in [1.54, 1.807) is 0 Å². The highest BCUT2D eigenvalue weighted by atomic mass is 19.3. The van der Waals surface area contributed by atoms with Crippen molar-refractivity contribution in [2.24, 2.45) is 7.05 Å². The maximum absolute atomic E-state index is 14.0. The largest absolute Gasteiger partial charge is 0.441 e. The van der Waals surface area contributed by atoms with Crippen LogP contribution in [0.2, 0.25) is 0 Å². The molecule has 0 aliphatic carbocycles. The van der Waals surface area contributed by atoms with Crippen LogP contribution in [0, 0.1) is 17.7 Å². The molecule has 1 atom stereocenters. The number of hydrogen-bond donors (Lipinski definition) is 2. The maximum atomic E-state index is 14.0. The van der Waals surface area contributed by atoms with Crippen LogP contribution in [0.15, 0.2) is 42.9 Å². The number of nitrogens with one attached hydrogen (secondary N) is 2. The van der Waals surface area contributed by atoms with E-state index >= 15 is 0 Å². The van der Waals surface area contributed by atoms with Crippen LogP contribution in [0.25, 0.3) is 11.4 Å². The fourth-order valence-electron chi connectivity index (χ4n) is 3.43. The number of rotatable bonds is 8. The van der Waals surface area contributed by atoms with Gasteiger partial charge in [-0.3, -0.25) is 15.1 Å². The number of carbonyl (C=O) groups excluding carboxylic acids is 2. The molecule has 0 aliphatic heterocycles. The van der Waals surface area contributed by atoms with Gasteiger partial charge in [0.1, 0.15) is 11.9 Å². The predicted molar refractivity (Wildman–Crippen MR) is 129 cm³/mol. The first-order valence-electron chi connectivity index (χ1n) is 11.5. The average Bonchev–Trinajstić information content (AvgIpc) is 3.29. The molecule has 0 unspecified atom stereocenters. The molecular formula is C24H18F6N8O3. The second-order valence-electron chi connectivity index (χ2n) is 8.40. The molecule has 2 amide bonds. The molecule has 17 heteroatoms. The van der Waals surface area contributed by atoms with Gasteiger partial charge < -0.3 is 10.1 Å². The number of amides is 2. The Balaban J connectivity index is 1.47. The summed E-state index contributed by atoms with van der Waals surface area (Å²) >= 11 is 0. The molecule has 0 spiro atoms. The van der Waals surface area contributed by atoms with E-state index in [-0.39, 0.29) is 28.5 Å². The van der Waals surface area contributed by atoms with Crippen LogP contribution in [-0.4, -0.2) is 48.6 Å². The minimum Gasteiger partial charge on any atom is -0.441 e. The second-order valence-corrected chi connectivity index (χ2v) is 8.40. The lowest BCUT2D eigenvalue weighted by atomic mass is 10.1. The zero-order valence-corrected chi connectivity index (χ0v) is 21.0. The molecule has 0 aliphatic rings. The van der Waals surface area contributed by atoms with E-state index in [1.165, 1.54) is 30.8 Å². The van der Waals surface area contributed by atoms with Crippen molar-refractivity contribution in [2.45, 2.75) is 19.0 Å². The van der Waals surface area contributed by atoms with E-state index in [4.69, 9.17) is 4.74 Å². The Labute approximate surface area is 226 Å². The van der Waals surface area contributed by atoms with Crippen molar-refractivity contribution in [3.8, 4) is 11.4 Å². The third kappa shape index (κ3) is 6.39. The number of aromatic nitrogens is 6. The molecule has 0 bridgehead atoms. The SMILES string of the molecule is C[C@@H](OC(=O)Nc1c(-c2ccc(NC(=O)c3cc(C(F)(F)CF)cnc3F)cn2)nnn1C)c1cc(F)cnc1F. The summed E-state index contributed by atoms with van der Waals surface area (Å²) in [6.45, 7) is -0.757. The van der Waals surface area contributed by atoms with Crippen molar-refractivity contribution in [1.82, 2.24) is 29.9 Å². The molecule has 4 rings (SSSR count). The van der Waals surface area contributed by atoms with Crippen LogP contribution in [-0.2, 0) is 17.7 Å². The lowest BCUT2D eigenvalue weighted by Gasteiger charge is -2.15. The normalized spacial score (nSPS) is 12.1. The van der Waals surface area contributed by atoms with Gasteiger partial charge in [0.25, 0.3) is 5.91 Å². The summed E-state index contributed by atoms with van der Waals surface area (Å²) < 4.78 is 87.5. The zero-order chi connectivity index (χ0) is 29.9. The molecule has 4 heterocycles. The van der Waals surface area contributed by atoms with E-state index in [9.17, 15) is 35.9 Å². The lowest BCUT2D eigenvalue weighted by Crippen LogP contribution is -2.20. The smallest absolute Gasteiger partial charge is 0.413 e. The van der Waals surface area contributed by atoms with Gasteiger partial charge in [-0.05, 0) is 31.2 Å². The second kappa shape index (κ2) is 11.6. The molecule has 11 nitrogen and oxygen atoms in total. The standard InChI is InChI=1S/C24H18F6N8O3/c1-11(15-6-13(26)8-33-19(15)27)41-23(40)35-21-18(36-37-38(21)2)17-4-3-14(9-31-17)34-22(39)16-5-12(7-32-20(16)28)24(29,30)10-25/h3-9,11H,10H2,1-2H3,(H,34,39)(H,35,40)/t11-/m1/s1. The van der Waals surface area contributed by atoms with E-state index in [2.05, 4.69) is 35.9 Å². The highest BCUT2D eigenvalue weighted by Crippen LogP contribution is 2.29. The van der Waals surface area contributed by atoms with Crippen molar-refractivity contribution in [3.05, 3.63) is 77.3 Å². The first kappa shape index (κ1) is 28.9. The number of pyridine rings is 3. The topological polar surface area (TPSA) is 137 Å². The number of anilines is 2. The number of aryl methyl sites for hydroxylation is 1. The average molecular weight is 580 g/mol. The van der Waals surface area contributed by atoms with Crippen molar-refractivity contribution < 1.29 is 40.7 Å². The lowest BCUT2D eigenvalue weighted by molar-refractivity contribution is -0.0285. The van der Waals surface area contributed by atoms with Crippen molar-refractivity contribution in [1.29, 1.82) is 0 Å². The van der Waals surface area contributed by atoms with Gasteiger partial charge in [0.2, 0.25) is 11.9 Å². The molecule has 0 saturated heterocycles. The summed E-state index contributed by atoms with van der Waals surface area (Å²) in [6, 6.07) is 3.98. The zero-order valence-electron chi connectivity index (χ0n) is 21.0. The first-order valence-corrected chi connectivity index (χ1v) is 11.5. The molecular weight excluding hydrogens is 562 g/mol. The van der Waals surface area contributed by atoms with Crippen LogP contribution >= 0.6 is 0 Å². The van der Waals surface area contributed by atoms with Crippen LogP contribution in [0.1, 0.15) is 34.5 Å². The summed E-state index contributed by atoms with van der Waals surface area (Å²) in [4.78, 5) is 35.4. The fourth-order valence-corrected chi connectivity index (χ4v) is 3.43. The van der Waals surface area contributed by atoms with Gasteiger partial charge in [0, 0.05) is 18.8 Å². The van der Waals surface area contributed by atoms with E-state index in [0.717, 1.165) is 12.3 Å². The van der Waals surface area contributed by atoms with Crippen molar-refractivity contribution in [3.63, 3.8) is 0 Å². The maximum Gasteiger partial charge on any atom is 0.413 e. The summed E-state index contributed by atoms with van der Waals surface area (Å²) in [7, 11) is 1.43. The minimum atomic E-state index is -3.96. The third-order valence-electron chi connectivity index (χ3n) is 5.54. The number of alkyl halides is 3. The molecule has 2 N–H and O–H groups in total. The van der Waals surface area contributed by atoms with Gasteiger partial charge >= 0.3 is 12.0 Å². The molecule has 0 aromatic carbocycles. The Kier molecular flexibility index (Phi) is 8.16. The number of carbonyl (C=O) groups is 2. The van der Waals surface area contributed by atoms with E-state index in [0.29, 0.717) is 18.5 Å². The number of nitrogens with zero attached hydrogens (tertiary/aromatic N) is 6. The third-order valence-corrected chi connectivity index (χ3v) is 5.54. The summed E-state index contributed by atoms with van der Waals surface area (Å²) in [5.41, 5.74) is -1.92. The van der Waals surface area contributed by atoms with Gasteiger partial charge in [-0.1, -0.05) is 5.21 Å². The van der Waals surface area contributed by atoms with Crippen LogP contribution < -0.4 is 10.6 Å². The quantitative estimate of drug-likeness (QED) is 0.226. The van der Waals surface area contributed by atoms with Gasteiger partial charge in [0.15, 0.2) is 18.2 Å². The van der Waals surface area contributed by atoms with Gasteiger partial charge in [-0.2, -0.15) is 17.6 Å². The molecule has 41 heavy (non-hydrogen) atoms. The van der Waals surface area contributed by atoms with Gasteiger partial charge in [-0.15, -0.1) is 5.10 Å². The Bertz CT molecular complexity index is 1600. The van der Waals surface area contributed by atoms with E-state index < -0.39 is 59.5 Å². The van der Waals surface area contributed by atoms with Crippen LogP contribution in [0.3, 0.4) is 0 Å². The Morgan fingerprint density at radius 1 is 1.02 bits per heavy atom. The molecule has 214 valence electrons. The Hall–Kier alpha value is -5.09. The fraction of sp³-hybridized carbons (Fsp3) is 0.208. The Morgan fingerprint density at radius 2 is 1.76 bits per heavy atom. The molecule has 0 saturated carbocycles. The molecule has 4 aromatic heterocycles. The Morgan fingerprint density at radius 3 is 2.44 bits per heavy atom. The van der Waals surface area contributed by atoms with Crippen LogP contribution in [0.5, 0.6) is 0 Å². The van der Waals surface area contributed by atoms with Gasteiger partial charge in [-0.25, -0.2) is 28.2 Å². The molecule has 0 radical (unpaired) electrons. The summed E-state index contributed by atoms with van der Waals surface area (Å²) in [6.07, 6.45) is -0.0497. The number of ether oxygens (including phenoxy) is 1. The highest BCUT2D eigenvalue weighted by Gasteiger charge is 2.33. The number of halogens is 6. The van der Waals surface area contributed by atoms with Crippen molar-refractivity contribution >= 4 is 23.5 Å². The summed E-state index contributed by atoms with van der Waals surface area (Å²) in [5, 5.41) is 12.3. The van der Waals surface area contributed by atoms with E-state index in [1.807, 2.05) is 0 Å². The molecule has 0 fully saturated rings. The van der Waals surface area contributed by atoms with Gasteiger partial charge in [0.05, 0.1) is 34.9 Å². The summed E-state index contributed by atoms with van der Waals surface area (Å²) in [5.74, 6) is -8.30.